The fourth-order valence-corrected chi connectivity index (χ4v) is 0. The first-order valence-corrected chi connectivity index (χ1v) is 2.43. The summed E-state index contributed by atoms with van der Waals surface area (Å²) in [6.45, 7) is 0. The molecule has 5 nitrogen and oxygen atoms in total. The van der Waals surface area contributed by atoms with Gasteiger partial charge in [0, 0.05) is 0 Å². The maximum absolute atomic E-state index is 8.75. The number of hydrogen-bond donors (Lipinski definition) is 2. The van der Waals surface area contributed by atoms with Crippen LogP contribution in [0.4, 0.5) is 4.39 Å². The van der Waals surface area contributed by atoms with Gasteiger partial charge in [0.05, 0.1) is 7.82 Å². The van der Waals surface area contributed by atoms with Crippen molar-refractivity contribution in [3.05, 3.63) is 7.18 Å². The molecule has 8 heavy (non-hydrogen) atoms. The number of hydrogen-bond acceptors (Lipinski definition) is 4. The molecule has 4 N–H and O–H groups in total. The van der Waals surface area contributed by atoms with E-state index in [1.807, 2.05) is 0 Å². The van der Waals surface area contributed by atoms with Gasteiger partial charge >= 0.3 is 11.6 Å². The largest absolute Gasteiger partial charge is 1.58 e. The first kappa shape index (κ1) is 15.7. The Morgan fingerprint density at radius 1 is 1.50 bits per heavy atom. The summed E-state index contributed by atoms with van der Waals surface area (Å²) in [6.07, 6.45) is 0. The van der Waals surface area contributed by atoms with Gasteiger partial charge in [-0.1, -0.05) is 0 Å². The third-order valence-electron chi connectivity index (χ3n) is 0. The summed E-state index contributed by atoms with van der Waals surface area (Å²) < 4.78 is 17.4. The monoisotopic (exact) mass is 144 g/mol. The SMILES string of the molecule is N.O=P([O-])([O-])O.[C+2]F. The molecule has 0 aromatic carbocycles. The highest BCUT2D eigenvalue weighted by Crippen LogP contribution is 2.11. The van der Waals surface area contributed by atoms with Gasteiger partial charge < -0.3 is 25.4 Å². The highest BCUT2D eigenvalue weighted by molar-refractivity contribution is 7.42. The molecule has 1 radical (unpaired) electrons. The van der Waals surface area contributed by atoms with E-state index in [0.29, 0.717) is 0 Å². The highest BCUT2D eigenvalue weighted by Gasteiger charge is 2.15. The summed E-state index contributed by atoms with van der Waals surface area (Å²) in [4.78, 5) is 24.3. The molecule has 0 rings (SSSR count). The van der Waals surface area contributed by atoms with Gasteiger partial charge in [-0.2, -0.15) is 0 Å². The Bertz CT molecular complexity index is 62.2. The molecule has 0 aromatic heterocycles. The smallest absolute Gasteiger partial charge is 0.790 e. The molecule has 0 aliphatic carbocycles. The highest BCUT2D eigenvalue weighted by atomic mass is 31.2. The second-order valence-corrected chi connectivity index (χ2v) is 1.41. The zero-order valence-corrected chi connectivity index (χ0v) is 4.60. The van der Waals surface area contributed by atoms with Crippen molar-refractivity contribution >= 4 is 7.82 Å². The molecule has 0 atom stereocenters. The first-order chi connectivity index (χ1) is 3.00. The number of phosphoric acid groups is 1. The summed E-state index contributed by atoms with van der Waals surface area (Å²) >= 11 is 0. The molecule has 0 bridgehead atoms. The molecule has 49 valence electrons. The Labute approximate surface area is 46.0 Å². The quantitative estimate of drug-likeness (QED) is 0.399. The van der Waals surface area contributed by atoms with Crippen LogP contribution in [-0.2, 0) is 4.57 Å². The normalized spacial score (nSPS) is 7.88. The summed E-state index contributed by atoms with van der Waals surface area (Å²) in [5.74, 6) is 0. The van der Waals surface area contributed by atoms with E-state index in [2.05, 4.69) is 7.18 Å². The lowest BCUT2D eigenvalue weighted by Crippen LogP contribution is -2.11. The van der Waals surface area contributed by atoms with Gasteiger partial charge in [0.2, 0.25) is 0 Å². The average Bonchev–Trinajstić information content (AvgIpc) is 1.36. The molecule has 0 amide bonds. The van der Waals surface area contributed by atoms with E-state index in [4.69, 9.17) is 23.6 Å². The third kappa shape index (κ3) is 2730. The molecule has 7 heteroatoms. The predicted molar refractivity (Wildman–Crippen MR) is 19.2 cm³/mol. The van der Waals surface area contributed by atoms with Gasteiger partial charge in [0.25, 0.3) is 0 Å². The van der Waals surface area contributed by atoms with Gasteiger partial charge in [-0.25, -0.2) is 0 Å². The molecule has 0 saturated heterocycles. The standard InChI is InChI=1S/CF.H3N.H3O4P/c1-2;;1-5(2,3)4/h;1H3;(H3,1,2,3,4)/q+2;;/p-2. The van der Waals surface area contributed by atoms with Gasteiger partial charge in [-0.3, -0.25) is 0 Å². The zero-order chi connectivity index (χ0) is 6.50. The third-order valence-corrected chi connectivity index (χ3v) is 0. The molecule has 0 aliphatic rings. The summed E-state index contributed by atoms with van der Waals surface area (Å²) in [5.41, 5.74) is 0. The molecule has 0 saturated carbocycles. The van der Waals surface area contributed by atoms with Crippen LogP contribution in [0.1, 0.15) is 0 Å². The molecule has 0 heterocycles. The molecule has 0 unspecified atom stereocenters. The van der Waals surface area contributed by atoms with E-state index >= 15 is 0 Å². The van der Waals surface area contributed by atoms with Crippen LogP contribution in [-0.4, -0.2) is 4.89 Å². The Balaban J connectivity index is -0.0000000750. The van der Waals surface area contributed by atoms with Gasteiger partial charge in [-0.05, 0) is 0 Å². The Kier molecular flexibility index (Phi) is 13.3. The summed E-state index contributed by atoms with van der Waals surface area (Å²) in [7, 11) is -0.889. The zero-order valence-electron chi connectivity index (χ0n) is 3.70. The van der Waals surface area contributed by atoms with E-state index < -0.39 is 7.82 Å². The maximum atomic E-state index is 8.75. The van der Waals surface area contributed by atoms with Gasteiger partial charge in [0.15, 0.2) is 0 Å². The van der Waals surface area contributed by atoms with Gasteiger partial charge in [-0.15, -0.1) is 0 Å². The van der Waals surface area contributed by atoms with Crippen LogP contribution >= 0.6 is 7.82 Å². The van der Waals surface area contributed by atoms with E-state index in [1.54, 1.807) is 0 Å². The van der Waals surface area contributed by atoms with Crippen molar-refractivity contribution in [3.8, 4) is 0 Å². The molecule has 0 spiro atoms. The lowest BCUT2D eigenvalue weighted by Gasteiger charge is -2.19. The van der Waals surface area contributed by atoms with Crippen molar-refractivity contribution in [1.29, 1.82) is 0 Å². The Hall–Kier alpha value is -0.220. The van der Waals surface area contributed by atoms with Crippen molar-refractivity contribution in [2.45, 2.75) is 0 Å². The minimum Gasteiger partial charge on any atom is -0.790 e. The minimum absolute atomic E-state index is 0. The second-order valence-electron chi connectivity index (χ2n) is 0.469. The predicted octanol–water partition coefficient (Wildman–Crippen LogP) is -1.53. The molecular formula is CH4FNO4P. The fraction of sp³-hybridized carbons (Fsp3) is 0. The molecule has 0 fully saturated rings. The van der Waals surface area contributed by atoms with Crippen molar-refractivity contribution < 1.29 is 23.6 Å². The fourth-order valence-electron chi connectivity index (χ4n) is 0. The van der Waals surface area contributed by atoms with Crippen LogP contribution < -0.4 is 15.9 Å². The maximum Gasteiger partial charge on any atom is 1.58 e. The molecular weight excluding hydrogens is 140 g/mol. The van der Waals surface area contributed by atoms with E-state index in [0.717, 1.165) is 0 Å². The van der Waals surface area contributed by atoms with Crippen LogP contribution in [0.3, 0.4) is 0 Å². The number of halogens is 1. The minimum atomic E-state index is -5.14. The van der Waals surface area contributed by atoms with Crippen LogP contribution in [0, 0.1) is 7.18 Å². The topological polar surface area (TPSA) is 118 Å². The van der Waals surface area contributed by atoms with Crippen molar-refractivity contribution in [1.82, 2.24) is 6.15 Å². The lowest BCUT2D eigenvalue weighted by molar-refractivity contribution is -0.337. The van der Waals surface area contributed by atoms with Crippen molar-refractivity contribution in [3.63, 3.8) is 0 Å². The van der Waals surface area contributed by atoms with Crippen molar-refractivity contribution in [2.24, 2.45) is 0 Å². The summed E-state index contributed by atoms with van der Waals surface area (Å²) in [6, 6.07) is 0. The van der Waals surface area contributed by atoms with E-state index in [1.165, 1.54) is 0 Å². The van der Waals surface area contributed by atoms with Gasteiger partial charge in [0.1, 0.15) is 0 Å². The Morgan fingerprint density at radius 2 is 1.50 bits per heavy atom. The van der Waals surface area contributed by atoms with Crippen LogP contribution in [0.15, 0.2) is 0 Å². The molecule has 0 aliphatic heterocycles. The van der Waals surface area contributed by atoms with Crippen LogP contribution in [0.5, 0.6) is 0 Å². The van der Waals surface area contributed by atoms with Crippen molar-refractivity contribution in [2.75, 3.05) is 0 Å². The number of rotatable bonds is 0. The van der Waals surface area contributed by atoms with Crippen LogP contribution in [0.2, 0.25) is 0 Å². The first-order valence-electron chi connectivity index (χ1n) is 0.937. The van der Waals surface area contributed by atoms with E-state index in [-0.39, 0.29) is 6.15 Å². The summed E-state index contributed by atoms with van der Waals surface area (Å²) in [5, 5.41) is 0. The Morgan fingerprint density at radius 3 is 1.50 bits per heavy atom. The van der Waals surface area contributed by atoms with E-state index in [9.17, 15) is 0 Å². The van der Waals surface area contributed by atoms with Crippen LogP contribution in [0.25, 0.3) is 0 Å². The lowest BCUT2D eigenvalue weighted by atomic mass is 11.9. The average molecular weight is 144 g/mol. The second kappa shape index (κ2) is 6.78. The molecule has 0 aromatic rings.